The van der Waals surface area contributed by atoms with Crippen LogP contribution in [0, 0.1) is 0 Å². The third-order valence-electron chi connectivity index (χ3n) is 3.25. The summed E-state index contributed by atoms with van der Waals surface area (Å²) in [4.78, 5) is 14.6. The highest BCUT2D eigenvalue weighted by molar-refractivity contribution is 5.81. The van der Waals surface area contributed by atoms with Crippen LogP contribution < -0.4 is 9.47 Å². The maximum atomic E-state index is 11.6. The maximum Gasteiger partial charge on any atom is 0.390 e. The van der Waals surface area contributed by atoms with Crippen molar-refractivity contribution >= 4 is 16.9 Å². The Morgan fingerprint density at radius 1 is 1.05 bits per heavy atom. The second-order valence-electron chi connectivity index (χ2n) is 4.99. The molecule has 1 heterocycles. The van der Waals surface area contributed by atoms with Crippen LogP contribution in [-0.2, 0) is 4.79 Å². The topological polar surface area (TPSA) is 71.5 Å². The van der Waals surface area contributed by atoms with E-state index < -0.39 is 11.8 Å². The molecule has 1 aromatic heterocycles. The summed E-state index contributed by atoms with van der Waals surface area (Å²) in [7, 11) is 0. The standard InChI is InChI=1S/C17H15NO4/c1-17(16(19)20,21-13-8-3-2-4-9-13)22-15-11-12-7-5-6-10-14(12)18-15/h2-11,18H,1H3,(H,19,20). The average Bonchev–Trinajstić information content (AvgIpc) is 2.89. The zero-order valence-corrected chi connectivity index (χ0v) is 11.9. The molecule has 0 saturated heterocycles. The first-order chi connectivity index (χ1) is 10.6. The summed E-state index contributed by atoms with van der Waals surface area (Å²) < 4.78 is 11.1. The number of ether oxygens (including phenoxy) is 2. The molecule has 0 saturated carbocycles. The Morgan fingerprint density at radius 3 is 2.41 bits per heavy atom. The number of rotatable bonds is 5. The first-order valence-corrected chi connectivity index (χ1v) is 6.81. The third kappa shape index (κ3) is 2.74. The number of carboxylic acids is 1. The monoisotopic (exact) mass is 297 g/mol. The number of aliphatic carboxylic acids is 1. The first-order valence-electron chi connectivity index (χ1n) is 6.81. The molecule has 5 nitrogen and oxygen atoms in total. The van der Waals surface area contributed by atoms with E-state index in [1.807, 2.05) is 30.3 Å². The molecule has 1 unspecified atom stereocenters. The van der Waals surface area contributed by atoms with E-state index in [1.165, 1.54) is 6.92 Å². The summed E-state index contributed by atoms with van der Waals surface area (Å²) in [6.45, 7) is 1.37. The SMILES string of the molecule is CC(Oc1ccccc1)(Oc1cc2ccccc2[nH]1)C(=O)O. The van der Waals surface area contributed by atoms with Gasteiger partial charge in [-0.25, -0.2) is 4.79 Å². The molecule has 2 aromatic carbocycles. The fourth-order valence-corrected chi connectivity index (χ4v) is 2.13. The molecule has 2 N–H and O–H groups in total. The summed E-state index contributed by atoms with van der Waals surface area (Å²) in [6, 6.07) is 18.0. The largest absolute Gasteiger partial charge is 0.475 e. The maximum absolute atomic E-state index is 11.6. The minimum absolute atomic E-state index is 0.335. The second kappa shape index (κ2) is 5.44. The Hall–Kier alpha value is -2.95. The molecule has 3 rings (SSSR count). The van der Waals surface area contributed by atoms with Gasteiger partial charge in [0.25, 0.3) is 0 Å². The van der Waals surface area contributed by atoms with Crippen molar-refractivity contribution in [2.75, 3.05) is 0 Å². The van der Waals surface area contributed by atoms with E-state index in [2.05, 4.69) is 4.98 Å². The van der Waals surface area contributed by atoms with Crippen molar-refractivity contribution in [3.63, 3.8) is 0 Å². The molecule has 0 bridgehead atoms. The van der Waals surface area contributed by atoms with Gasteiger partial charge in [0.2, 0.25) is 0 Å². The van der Waals surface area contributed by atoms with Gasteiger partial charge in [0, 0.05) is 23.9 Å². The number of fused-ring (bicyclic) bond motifs is 1. The lowest BCUT2D eigenvalue weighted by atomic mass is 10.2. The fraction of sp³-hybridized carbons (Fsp3) is 0.118. The van der Waals surface area contributed by atoms with Crippen LogP contribution in [-0.4, -0.2) is 21.8 Å². The van der Waals surface area contributed by atoms with E-state index >= 15 is 0 Å². The highest BCUT2D eigenvalue weighted by Gasteiger charge is 2.39. The minimum Gasteiger partial charge on any atom is -0.475 e. The molecular weight excluding hydrogens is 282 g/mol. The van der Waals surface area contributed by atoms with Gasteiger partial charge in [-0.05, 0) is 18.2 Å². The zero-order chi connectivity index (χ0) is 15.6. The quantitative estimate of drug-likeness (QED) is 0.708. The number of aromatic amines is 1. The molecule has 112 valence electrons. The summed E-state index contributed by atoms with van der Waals surface area (Å²) in [6.07, 6.45) is 0. The summed E-state index contributed by atoms with van der Waals surface area (Å²) in [5, 5.41) is 10.4. The predicted octanol–water partition coefficient (Wildman–Crippen LogP) is 3.43. The number of nitrogens with one attached hydrogen (secondary N) is 1. The normalized spacial score (nSPS) is 13.5. The van der Waals surface area contributed by atoms with Gasteiger partial charge < -0.3 is 19.6 Å². The molecule has 0 radical (unpaired) electrons. The van der Waals surface area contributed by atoms with Gasteiger partial charge in [0.1, 0.15) is 5.75 Å². The van der Waals surface area contributed by atoms with Crippen molar-refractivity contribution in [3.05, 3.63) is 60.7 Å². The highest BCUT2D eigenvalue weighted by Crippen LogP contribution is 2.26. The first kappa shape index (κ1) is 14.0. The summed E-state index contributed by atoms with van der Waals surface area (Å²) in [5.74, 6) is -2.29. The number of carboxylic acid groups (broad SMARTS) is 1. The Kier molecular flexibility index (Phi) is 3.47. The molecule has 3 aromatic rings. The van der Waals surface area contributed by atoms with Crippen LogP contribution in [0.5, 0.6) is 11.6 Å². The molecular formula is C17H15NO4. The zero-order valence-electron chi connectivity index (χ0n) is 11.9. The van der Waals surface area contributed by atoms with Gasteiger partial charge in [-0.1, -0.05) is 36.4 Å². The Balaban J connectivity index is 1.89. The molecule has 0 aliphatic rings. The summed E-state index contributed by atoms with van der Waals surface area (Å²) >= 11 is 0. The minimum atomic E-state index is -1.83. The lowest BCUT2D eigenvalue weighted by Gasteiger charge is -2.26. The smallest absolute Gasteiger partial charge is 0.390 e. The van der Waals surface area contributed by atoms with E-state index in [4.69, 9.17) is 9.47 Å². The number of para-hydroxylation sites is 2. The van der Waals surface area contributed by atoms with E-state index in [0.717, 1.165) is 10.9 Å². The van der Waals surface area contributed by atoms with E-state index in [0.29, 0.717) is 11.6 Å². The van der Waals surface area contributed by atoms with E-state index in [9.17, 15) is 9.90 Å². The summed E-state index contributed by atoms with van der Waals surface area (Å²) in [5.41, 5.74) is 0.866. The van der Waals surface area contributed by atoms with Gasteiger partial charge in [-0.3, -0.25) is 0 Å². The van der Waals surface area contributed by atoms with Crippen molar-refractivity contribution in [1.82, 2.24) is 4.98 Å². The van der Waals surface area contributed by atoms with Crippen LogP contribution in [0.3, 0.4) is 0 Å². The van der Waals surface area contributed by atoms with Crippen molar-refractivity contribution < 1.29 is 19.4 Å². The van der Waals surface area contributed by atoms with Crippen LogP contribution in [0.25, 0.3) is 10.9 Å². The molecule has 0 fully saturated rings. The number of aromatic nitrogens is 1. The van der Waals surface area contributed by atoms with Crippen molar-refractivity contribution in [2.45, 2.75) is 12.7 Å². The van der Waals surface area contributed by atoms with Crippen LogP contribution in [0.1, 0.15) is 6.92 Å². The molecule has 0 spiro atoms. The number of carbonyl (C=O) groups is 1. The molecule has 5 heteroatoms. The van der Waals surface area contributed by atoms with Crippen molar-refractivity contribution in [3.8, 4) is 11.6 Å². The molecule has 0 aliphatic carbocycles. The third-order valence-corrected chi connectivity index (χ3v) is 3.25. The Labute approximate surface area is 127 Å². The Morgan fingerprint density at radius 2 is 1.73 bits per heavy atom. The van der Waals surface area contributed by atoms with Gasteiger partial charge in [-0.15, -0.1) is 0 Å². The number of hydrogen-bond acceptors (Lipinski definition) is 3. The van der Waals surface area contributed by atoms with Crippen LogP contribution in [0.4, 0.5) is 0 Å². The van der Waals surface area contributed by atoms with Crippen molar-refractivity contribution in [2.24, 2.45) is 0 Å². The van der Waals surface area contributed by atoms with E-state index in [-0.39, 0.29) is 0 Å². The molecule has 0 aliphatic heterocycles. The van der Waals surface area contributed by atoms with Crippen LogP contribution >= 0.6 is 0 Å². The van der Waals surface area contributed by atoms with Gasteiger partial charge in [-0.2, -0.15) is 0 Å². The highest BCUT2D eigenvalue weighted by atomic mass is 16.7. The predicted molar refractivity (Wildman–Crippen MR) is 82.0 cm³/mol. The fourth-order valence-electron chi connectivity index (χ4n) is 2.13. The van der Waals surface area contributed by atoms with Crippen LogP contribution in [0.15, 0.2) is 60.7 Å². The molecule has 1 atom stereocenters. The number of H-pyrrole nitrogens is 1. The van der Waals surface area contributed by atoms with Gasteiger partial charge in [0.05, 0.1) is 0 Å². The van der Waals surface area contributed by atoms with E-state index in [1.54, 1.807) is 30.3 Å². The Bertz CT molecular complexity index is 764. The molecule has 22 heavy (non-hydrogen) atoms. The number of hydrogen-bond donors (Lipinski definition) is 2. The van der Waals surface area contributed by atoms with Gasteiger partial charge >= 0.3 is 11.8 Å². The molecule has 0 amide bonds. The lowest BCUT2D eigenvalue weighted by molar-refractivity contribution is -0.181. The number of benzene rings is 2. The average molecular weight is 297 g/mol. The second-order valence-corrected chi connectivity index (χ2v) is 4.99. The van der Waals surface area contributed by atoms with Gasteiger partial charge in [0.15, 0.2) is 5.88 Å². The lowest BCUT2D eigenvalue weighted by Crippen LogP contribution is -2.47. The van der Waals surface area contributed by atoms with Crippen LogP contribution in [0.2, 0.25) is 0 Å². The van der Waals surface area contributed by atoms with Crippen molar-refractivity contribution in [1.29, 1.82) is 0 Å².